The van der Waals surface area contributed by atoms with Crippen molar-refractivity contribution in [2.24, 2.45) is 0 Å². The zero-order valence-corrected chi connectivity index (χ0v) is 14.6. The normalized spacial score (nSPS) is 10.4. The summed E-state index contributed by atoms with van der Waals surface area (Å²) in [6, 6.07) is 17.9. The summed E-state index contributed by atoms with van der Waals surface area (Å²) in [6.07, 6.45) is 5.32. The Balaban J connectivity index is 1.43. The summed E-state index contributed by atoms with van der Waals surface area (Å²) in [5, 5.41) is 2.93. The average Bonchev–Trinajstić information content (AvgIpc) is 2.68. The van der Waals surface area contributed by atoms with Gasteiger partial charge in [-0.3, -0.25) is 14.8 Å². The molecule has 0 fully saturated rings. The lowest BCUT2D eigenvalue weighted by molar-refractivity contribution is -0.118. The largest absolute Gasteiger partial charge is 0.351 e. The van der Waals surface area contributed by atoms with Crippen molar-refractivity contribution in [3.8, 4) is 11.3 Å². The van der Waals surface area contributed by atoms with Crippen LogP contribution in [-0.4, -0.2) is 21.6 Å². The Morgan fingerprint density at radius 2 is 1.84 bits per heavy atom. The van der Waals surface area contributed by atoms with Crippen LogP contribution in [0.4, 0.5) is 0 Å². The summed E-state index contributed by atoms with van der Waals surface area (Å²) >= 11 is 1.61. The van der Waals surface area contributed by atoms with Gasteiger partial charge in [-0.25, -0.2) is 0 Å². The molecule has 0 bridgehead atoms. The van der Waals surface area contributed by atoms with Crippen molar-refractivity contribution >= 4 is 17.7 Å². The first-order valence-corrected chi connectivity index (χ1v) is 9.20. The monoisotopic (exact) mass is 349 g/mol. The van der Waals surface area contributed by atoms with Gasteiger partial charge < -0.3 is 5.32 Å². The lowest BCUT2D eigenvalue weighted by Gasteiger charge is -2.06. The van der Waals surface area contributed by atoms with Crippen LogP contribution < -0.4 is 5.32 Å². The maximum absolute atomic E-state index is 11.9. The molecule has 3 rings (SSSR count). The molecule has 1 amide bonds. The van der Waals surface area contributed by atoms with Crippen LogP contribution in [0.5, 0.6) is 0 Å². The highest BCUT2D eigenvalue weighted by molar-refractivity contribution is 7.99. The highest BCUT2D eigenvalue weighted by Crippen LogP contribution is 2.15. The summed E-state index contributed by atoms with van der Waals surface area (Å²) in [6.45, 7) is 0.491. The van der Waals surface area contributed by atoms with E-state index in [4.69, 9.17) is 0 Å². The number of hydrogen-bond acceptors (Lipinski definition) is 4. The molecule has 2 heterocycles. The fourth-order valence-electron chi connectivity index (χ4n) is 2.30. The minimum atomic E-state index is 0.0391. The van der Waals surface area contributed by atoms with Crippen molar-refractivity contribution in [3.63, 3.8) is 0 Å². The number of nitrogens with one attached hydrogen (secondary N) is 1. The van der Waals surface area contributed by atoms with Gasteiger partial charge in [0.2, 0.25) is 5.91 Å². The van der Waals surface area contributed by atoms with Gasteiger partial charge in [-0.1, -0.05) is 36.4 Å². The van der Waals surface area contributed by atoms with Crippen molar-refractivity contribution in [2.75, 3.05) is 5.75 Å². The van der Waals surface area contributed by atoms with Crippen LogP contribution in [0.1, 0.15) is 11.1 Å². The number of pyridine rings is 2. The van der Waals surface area contributed by atoms with Gasteiger partial charge in [0.05, 0.1) is 11.4 Å². The van der Waals surface area contributed by atoms with Crippen LogP contribution in [0, 0.1) is 0 Å². The summed E-state index contributed by atoms with van der Waals surface area (Å²) in [7, 11) is 0. The standard InChI is InChI=1S/C20H19N3OS/c24-20(15-25-14-16-5-2-1-3-6-16)23-12-17-8-9-19(22-11-17)18-7-4-10-21-13-18/h1-11,13H,12,14-15H2,(H,23,24). The van der Waals surface area contributed by atoms with Gasteiger partial charge in [-0.15, -0.1) is 11.8 Å². The maximum atomic E-state index is 11.9. The third-order valence-electron chi connectivity index (χ3n) is 3.62. The number of carbonyl (C=O) groups is 1. The first-order chi connectivity index (χ1) is 12.3. The van der Waals surface area contributed by atoms with Crippen LogP contribution in [-0.2, 0) is 17.1 Å². The average molecular weight is 349 g/mol. The molecule has 0 aliphatic heterocycles. The molecule has 1 N–H and O–H groups in total. The molecule has 0 saturated heterocycles. The van der Waals surface area contributed by atoms with Gasteiger partial charge in [-0.2, -0.15) is 0 Å². The van der Waals surface area contributed by atoms with E-state index in [0.717, 1.165) is 22.6 Å². The second kappa shape index (κ2) is 8.99. The van der Waals surface area contributed by atoms with Crippen LogP contribution in [0.25, 0.3) is 11.3 Å². The smallest absolute Gasteiger partial charge is 0.230 e. The van der Waals surface area contributed by atoms with Gasteiger partial charge in [-0.05, 0) is 29.3 Å². The predicted octanol–water partition coefficient (Wildman–Crippen LogP) is 3.69. The van der Waals surface area contributed by atoms with Gasteiger partial charge in [0.1, 0.15) is 0 Å². The van der Waals surface area contributed by atoms with Crippen molar-refractivity contribution < 1.29 is 4.79 Å². The van der Waals surface area contributed by atoms with Crippen LogP contribution in [0.3, 0.4) is 0 Å². The molecule has 4 nitrogen and oxygen atoms in total. The molecule has 5 heteroatoms. The molecule has 25 heavy (non-hydrogen) atoms. The molecule has 0 spiro atoms. The van der Waals surface area contributed by atoms with Gasteiger partial charge >= 0.3 is 0 Å². The minimum absolute atomic E-state index is 0.0391. The summed E-state index contributed by atoms with van der Waals surface area (Å²) in [5.41, 5.74) is 4.07. The SMILES string of the molecule is O=C(CSCc1ccccc1)NCc1ccc(-c2cccnc2)nc1. The lowest BCUT2D eigenvalue weighted by Crippen LogP contribution is -2.24. The number of nitrogens with zero attached hydrogens (tertiary/aromatic N) is 2. The summed E-state index contributed by atoms with van der Waals surface area (Å²) in [5.74, 6) is 1.34. The van der Waals surface area contributed by atoms with Crippen molar-refractivity contribution in [2.45, 2.75) is 12.3 Å². The predicted molar refractivity (Wildman–Crippen MR) is 102 cm³/mol. The number of rotatable bonds is 7. The molecule has 0 unspecified atom stereocenters. The molecular weight excluding hydrogens is 330 g/mol. The third-order valence-corrected chi connectivity index (χ3v) is 4.62. The van der Waals surface area contributed by atoms with E-state index in [9.17, 15) is 4.79 Å². The van der Waals surface area contributed by atoms with Crippen LogP contribution in [0.2, 0.25) is 0 Å². The van der Waals surface area contributed by atoms with E-state index in [2.05, 4.69) is 27.4 Å². The molecule has 0 atom stereocenters. The lowest BCUT2D eigenvalue weighted by atomic mass is 10.1. The van der Waals surface area contributed by atoms with Gasteiger partial charge in [0, 0.05) is 36.5 Å². The Labute approximate surface area is 151 Å². The molecular formula is C20H19N3OS. The molecule has 0 saturated carbocycles. The van der Waals surface area contributed by atoms with E-state index in [1.54, 1.807) is 30.4 Å². The molecule has 3 aromatic rings. The maximum Gasteiger partial charge on any atom is 0.230 e. The number of hydrogen-bond donors (Lipinski definition) is 1. The fraction of sp³-hybridized carbons (Fsp3) is 0.150. The minimum Gasteiger partial charge on any atom is -0.351 e. The Morgan fingerprint density at radius 3 is 2.56 bits per heavy atom. The van der Waals surface area contributed by atoms with E-state index >= 15 is 0 Å². The number of carbonyl (C=O) groups excluding carboxylic acids is 1. The second-order valence-corrected chi connectivity index (χ2v) is 6.53. The Morgan fingerprint density at radius 1 is 0.960 bits per heavy atom. The molecule has 1 aromatic carbocycles. The molecule has 2 aromatic heterocycles. The summed E-state index contributed by atoms with van der Waals surface area (Å²) < 4.78 is 0. The Hall–Kier alpha value is -2.66. The Kier molecular flexibility index (Phi) is 6.17. The van der Waals surface area contributed by atoms with E-state index in [0.29, 0.717) is 12.3 Å². The van der Waals surface area contributed by atoms with Crippen LogP contribution >= 0.6 is 11.8 Å². The number of aromatic nitrogens is 2. The number of thioether (sulfide) groups is 1. The molecule has 0 aliphatic rings. The zero-order valence-electron chi connectivity index (χ0n) is 13.8. The topological polar surface area (TPSA) is 54.9 Å². The Bertz CT molecular complexity index is 792. The van der Waals surface area contributed by atoms with E-state index in [-0.39, 0.29) is 5.91 Å². The fourth-order valence-corrected chi connectivity index (χ4v) is 3.12. The van der Waals surface area contributed by atoms with Gasteiger partial charge in [0.15, 0.2) is 0 Å². The first kappa shape index (κ1) is 17.2. The van der Waals surface area contributed by atoms with E-state index in [1.807, 2.05) is 42.5 Å². The highest BCUT2D eigenvalue weighted by Gasteiger charge is 2.04. The van der Waals surface area contributed by atoms with E-state index < -0.39 is 0 Å². The molecule has 126 valence electrons. The highest BCUT2D eigenvalue weighted by atomic mass is 32.2. The number of benzene rings is 1. The van der Waals surface area contributed by atoms with Crippen LogP contribution in [0.15, 0.2) is 73.2 Å². The quantitative estimate of drug-likeness (QED) is 0.707. The zero-order chi connectivity index (χ0) is 17.3. The third kappa shape index (κ3) is 5.43. The molecule has 0 aliphatic carbocycles. The van der Waals surface area contributed by atoms with Gasteiger partial charge in [0.25, 0.3) is 0 Å². The summed E-state index contributed by atoms with van der Waals surface area (Å²) in [4.78, 5) is 20.5. The molecule has 0 radical (unpaired) electrons. The van der Waals surface area contributed by atoms with Crippen molar-refractivity contribution in [3.05, 3.63) is 84.3 Å². The first-order valence-electron chi connectivity index (χ1n) is 8.05. The second-order valence-electron chi connectivity index (χ2n) is 5.55. The van der Waals surface area contributed by atoms with Crippen molar-refractivity contribution in [1.82, 2.24) is 15.3 Å². The van der Waals surface area contributed by atoms with Crippen molar-refractivity contribution in [1.29, 1.82) is 0 Å². The number of amides is 1. The van der Waals surface area contributed by atoms with E-state index in [1.165, 1.54) is 5.56 Å².